The van der Waals surface area contributed by atoms with Crippen molar-refractivity contribution in [3.8, 4) is 5.75 Å². The molecule has 0 bridgehead atoms. The van der Waals surface area contributed by atoms with Crippen LogP contribution in [0.25, 0.3) is 0 Å². The smallest absolute Gasteiger partial charge is 0.250 e. The molecule has 0 unspecified atom stereocenters. The molecule has 0 radical (unpaired) electrons. The van der Waals surface area contributed by atoms with Gasteiger partial charge in [0.25, 0.3) is 8.32 Å². The first-order valence-electron chi connectivity index (χ1n) is 11.4. The summed E-state index contributed by atoms with van der Waals surface area (Å²) in [7, 11) is -4.54. The average molecular weight is 721 g/mol. The van der Waals surface area contributed by atoms with Crippen LogP contribution in [0, 0.1) is 7.14 Å². The lowest BCUT2D eigenvalue weighted by atomic mass is 9.82. The molecule has 0 aliphatic heterocycles. The second-order valence-corrected chi connectivity index (χ2v) is 23.5. The second kappa shape index (κ2) is 9.07. The molecule has 0 spiro atoms. The third-order valence-electron chi connectivity index (χ3n) is 7.70. The molecule has 1 aliphatic rings. The fourth-order valence-electron chi connectivity index (χ4n) is 3.55. The molecule has 2 aromatic rings. The highest BCUT2D eigenvalue weighted by Gasteiger charge is 2.41. The molecule has 0 saturated carbocycles. The van der Waals surface area contributed by atoms with E-state index in [0.717, 1.165) is 12.7 Å². The predicted octanol–water partition coefficient (Wildman–Crippen LogP) is 7.58. The van der Waals surface area contributed by atoms with E-state index in [1.54, 1.807) is 12.1 Å². The van der Waals surface area contributed by atoms with Crippen LogP contribution in [0.5, 0.6) is 5.75 Å². The van der Waals surface area contributed by atoms with E-state index in [1.165, 1.54) is 0 Å². The number of rotatable bonds is 5. The van der Waals surface area contributed by atoms with Crippen LogP contribution in [0.3, 0.4) is 0 Å². The molecule has 2 aromatic carbocycles. The Labute approximate surface area is 232 Å². The van der Waals surface area contributed by atoms with Gasteiger partial charge in [-0.1, -0.05) is 34.6 Å². The van der Waals surface area contributed by atoms with Gasteiger partial charge in [0.15, 0.2) is 19.9 Å². The van der Waals surface area contributed by atoms with Crippen LogP contribution in [0.2, 0.25) is 36.3 Å². The molecule has 0 amide bonds. The number of hydrogen-bond donors (Lipinski definition) is 1. The lowest BCUT2D eigenvalue weighted by Gasteiger charge is -2.37. The lowest BCUT2D eigenvalue weighted by Crippen LogP contribution is -2.44. The highest BCUT2D eigenvalue weighted by Crippen LogP contribution is 2.43. The van der Waals surface area contributed by atoms with E-state index in [9.17, 15) is 14.4 Å². The zero-order valence-electron chi connectivity index (χ0n) is 21.4. The molecule has 0 heterocycles. The lowest BCUT2D eigenvalue weighted by molar-refractivity contribution is 0.0978. The molecule has 34 heavy (non-hydrogen) atoms. The van der Waals surface area contributed by atoms with Gasteiger partial charge in [0, 0.05) is 25.8 Å². The van der Waals surface area contributed by atoms with E-state index in [4.69, 9.17) is 4.43 Å². The fraction of sp³-hybridized carbons (Fsp3) is 0.462. The van der Waals surface area contributed by atoms with Gasteiger partial charge in [0.05, 0.1) is 3.57 Å². The summed E-state index contributed by atoms with van der Waals surface area (Å²) >= 11 is 4.44. The minimum Gasteiger partial charge on any atom is -0.543 e. The summed E-state index contributed by atoms with van der Waals surface area (Å²) in [6, 6.07) is 7.27. The van der Waals surface area contributed by atoms with Crippen LogP contribution in [-0.4, -0.2) is 33.0 Å². The van der Waals surface area contributed by atoms with Crippen molar-refractivity contribution in [1.29, 1.82) is 0 Å². The van der Waals surface area contributed by atoms with Gasteiger partial charge in [-0.25, -0.2) is 0 Å². The van der Waals surface area contributed by atoms with Gasteiger partial charge in [0.1, 0.15) is 5.75 Å². The maximum atomic E-state index is 13.6. The molecule has 8 heteroatoms. The molecule has 0 fully saturated rings. The normalized spacial score (nSPS) is 14.7. The summed E-state index contributed by atoms with van der Waals surface area (Å²) in [5.41, 5.74) is 2.75. The molecular weight excluding hydrogens is 686 g/mol. The first kappa shape index (κ1) is 28.0. The van der Waals surface area contributed by atoms with E-state index in [1.807, 2.05) is 25.2 Å². The zero-order valence-corrected chi connectivity index (χ0v) is 27.8. The number of benzene rings is 2. The maximum absolute atomic E-state index is 13.6. The molecule has 1 aliphatic carbocycles. The predicted molar refractivity (Wildman–Crippen MR) is 160 cm³/mol. The quantitative estimate of drug-likeness (QED) is 0.218. The Morgan fingerprint density at radius 2 is 1.24 bits per heavy atom. The highest BCUT2D eigenvalue weighted by molar-refractivity contribution is 14.1. The first-order chi connectivity index (χ1) is 15.3. The van der Waals surface area contributed by atoms with Crippen molar-refractivity contribution in [3.05, 3.63) is 59.2 Å². The van der Waals surface area contributed by atoms with E-state index in [2.05, 4.69) is 92.9 Å². The van der Waals surface area contributed by atoms with Crippen LogP contribution >= 0.6 is 45.2 Å². The van der Waals surface area contributed by atoms with Crippen LogP contribution in [0.1, 0.15) is 72.0 Å². The number of carbonyl (C=O) groups is 2. The van der Waals surface area contributed by atoms with Crippen LogP contribution < -0.4 is 4.43 Å². The molecule has 0 aromatic heterocycles. The van der Waals surface area contributed by atoms with Crippen molar-refractivity contribution < 1.29 is 18.8 Å². The SMILES string of the molecule is CC(C)(Cc1cc2c(cc1I)C(=O)c1cc(O[Si](C)(C)C(C)(C)C)c(I)cc1C2=O)[Si](C)(C)O. The molecule has 184 valence electrons. The zero-order chi connectivity index (χ0) is 26.0. The van der Waals surface area contributed by atoms with Crippen molar-refractivity contribution in [2.24, 2.45) is 0 Å². The number of ketones is 2. The molecule has 1 N–H and O–H groups in total. The van der Waals surface area contributed by atoms with Crippen LogP contribution in [0.4, 0.5) is 0 Å². The summed E-state index contributed by atoms with van der Waals surface area (Å²) in [6.45, 7) is 18.9. The van der Waals surface area contributed by atoms with E-state index in [-0.39, 0.29) is 21.6 Å². The summed E-state index contributed by atoms with van der Waals surface area (Å²) in [6.07, 6.45) is 0.652. The van der Waals surface area contributed by atoms with Crippen molar-refractivity contribution in [3.63, 3.8) is 0 Å². The Morgan fingerprint density at radius 3 is 1.71 bits per heavy atom. The van der Waals surface area contributed by atoms with Crippen LogP contribution in [0.15, 0.2) is 24.3 Å². The maximum Gasteiger partial charge on any atom is 0.250 e. The van der Waals surface area contributed by atoms with Crippen LogP contribution in [-0.2, 0) is 6.42 Å². The number of carbonyl (C=O) groups excluding carboxylic acids is 2. The summed E-state index contributed by atoms with van der Waals surface area (Å²) < 4.78 is 8.29. The summed E-state index contributed by atoms with van der Waals surface area (Å²) in [5, 5.41) is -0.253. The number of hydrogen-bond acceptors (Lipinski definition) is 4. The van der Waals surface area contributed by atoms with Crippen molar-refractivity contribution in [2.45, 2.75) is 77.3 Å². The molecule has 4 nitrogen and oxygen atoms in total. The third-order valence-corrected chi connectivity index (χ3v) is 17.4. The monoisotopic (exact) mass is 720 g/mol. The standard InChI is InChI=1S/C26H34I2O4Si2/c1-25(2,3)34(8,9)32-22-13-19-18(12-21(22)28)23(29)16-10-15(14-26(4,5)33(6,7)31)20(27)11-17(16)24(19)30/h10-13,31H,14H2,1-9H3. The van der Waals surface area contributed by atoms with Crippen molar-refractivity contribution >= 4 is 73.4 Å². The molecule has 0 atom stereocenters. The number of fused-ring (bicyclic) bond motifs is 2. The van der Waals surface area contributed by atoms with Gasteiger partial charge < -0.3 is 9.22 Å². The largest absolute Gasteiger partial charge is 0.543 e. The van der Waals surface area contributed by atoms with E-state index >= 15 is 0 Å². The third kappa shape index (κ3) is 5.12. The Balaban J connectivity index is 2.08. The topological polar surface area (TPSA) is 63.6 Å². The summed E-state index contributed by atoms with van der Waals surface area (Å²) in [4.78, 5) is 37.9. The fourth-order valence-corrected chi connectivity index (χ4v) is 6.64. The van der Waals surface area contributed by atoms with Gasteiger partial charge in [-0.15, -0.1) is 0 Å². The Bertz CT molecular complexity index is 1100. The van der Waals surface area contributed by atoms with Gasteiger partial charge >= 0.3 is 0 Å². The number of halogens is 2. The molecule has 0 saturated heterocycles. The van der Waals surface area contributed by atoms with Gasteiger partial charge in [-0.2, -0.15) is 0 Å². The van der Waals surface area contributed by atoms with Crippen molar-refractivity contribution in [2.75, 3.05) is 0 Å². The minimum absolute atomic E-state index is 0.0185. The minimum atomic E-state index is -2.43. The van der Waals surface area contributed by atoms with E-state index < -0.39 is 16.6 Å². The Hall–Kier alpha value is -0.566. The van der Waals surface area contributed by atoms with Gasteiger partial charge in [0.2, 0.25) is 0 Å². The molecule has 3 rings (SSSR count). The first-order valence-corrected chi connectivity index (χ1v) is 19.4. The highest BCUT2D eigenvalue weighted by atomic mass is 127. The van der Waals surface area contributed by atoms with Gasteiger partial charge in [-0.05, 0) is 118 Å². The Kier molecular flexibility index (Phi) is 7.47. The molecular formula is C26H34I2O4Si2. The van der Waals surface area contributed by atoms with E-state index in [0.29, 0.717) is 34.4 Å². The summed E-state index contributed by atoms with van der Waals surface area (Å²) in [5.74, 6) is 0.415. The Morgan fingerprint density at radius 1 is 0.794 bits per heavy atom. The van der Waals surface area contributed by atoms with Crippen molar-refractivity contribution in [1.82, 2.24) is 0 Å². The average Bonchev–Trinajstić information content (AvgIpc) is 2.66. The van der Waals surface area contributed by atoms with Gasteiger partial charge in [-0.3, -0.25) is 9.59 Å². The second-order valence-electron chi connectivity index (χ2n) is 12.0.